The number of terminal acetylenes is 1. The van der Waals surface area contributed by atoms with Crippen LogP contribution < -0.4 is 0 Å². The molecule has 0 bridgehead atoms. The molecule has 0 saturated carbocycles. The van der Waals surface area contributed by atoms with Crippen molar-refractivity contribution in [1.82, 2.24) is 0 Å². The van der Waals surface area contributed by atoms with Crippen molar-refractivity contribution in [3.63, 3.8) is 0 Å². The number of aliphatic imine (C=N–C) groups is 1. The van der Waals surface area contributed by atoms with Gasteiger partial charge in [-0.15, -0.1) is 6.42 Å². The van der Waals surface area contributed by atoms with Crippen LogP contribution in [0.2, 0.25) is 0 Å². The lowest BCUT2D eigenvalue weighted by Crippen LogP contribution is -1.93. The second-order valence-electron chi connectivity index (χ2n) is 3.46. The monoisotopic (exact) mass is 197 g/mol. The van der Waals surface area contributed by atoms with Gasteiger partial charge in [0.15, 0.2) is 0 Å². The summed E-state index contributed by atoms with van der Waals surface area (Å²) in [6.07, 6.45) is 14.9. The molecule has 0 aromatic rings. The molecule has 0 aromatic heterocycles. The van der Waals surface area contributed by atoms with Gasteiger partial charge >= 0.3 is 0 Å². The molecule has 0 fully saturated rings. The molecule has 0 N–H and O–H groups in total. The van der Waals surface area contributed by atoms with E-state index in [4.69, 9.17) is 6.42 Å². The summed E-state index contributed by atoms with van der Waals surface area (Å²) in [5.41, 5.74) is 4.27. The highest BCUT2D eigenvalue weighted by atomic mass is 14.7. The largest absolute Gasteiger partial charge is 0.258 e. The quantitative estimate of drug-likeness (QED) is 0.571. The number of allylic oxidation sites excluding steroid dienone is 8. The Morgan fingerprint density at radius 3 is 2.73 bits per heavy atom. The van der Waals surface area contributed by atoms with Crippen molar-refractivity contribution in [2.45, 2.75) is 20.8 Å². The van der Waals surface area contributed by atoms with Gasteiger partial charge in [0.2, 0.25) is 0 Å². The SMILES string of the molecule is C#C\C=C/C1=C(C)/N=C(C)/C=C\C=C\1C. The summed E-state index contributed by atoms with van der Waals surface area (Å²) in [6, 6.07) is 0. The first-order valence-electron chi connectivity index (χ1n) is 4.89. The Morgan fingerprint density at radius 1 is 1.33 bits per heavy atom. The lowest BCUT2D eigenvalue weighted by Gasteiger charge is -2.07. The Kier molecular flexibility index (Phi) is 3.88. The van der Waals surface area contributed by atoms with Crippen molar-refractivity contribution in [1.29, 1.82) is 0 Å². The number of hydrogen-bond donors (Lipinski definition) is 0. The summed E-state index contributed by atoms with van der Waals surface area (Å²) in [5, 5.41) is 0. The highest BCUT2D eigenvalue weighted by molar-refractivity contribution is 5.94. The molecule has 76 valence electrons. The maximum absolute atomic E-state index is 5.21. The first-order valence-corrected chi connectivity index (χ1v) is 4.89. The average molecular weight is 197 g/mol. The second kappa shape index (κ2) is 5.17. The van der Waals surface area contributed by atoms with Crippen LogP contribution >= 0.6 is 0 Å². The fourth-order valence-electron chi connectivity index (χ4n) is 1.45. The van der Waals surface area contributed by atoms with E-state index in [9.17, 15) is 0 Å². The minimum Gasteiger partial charge on any atom is -0.258 e. The molecule has 1 aliphatic heterocycles. The molecule has 1 heterocycles. The van der Waals surface area contributed by atoms with Crippen LogP contribution in [0.3, 0.4) is 0 Å². The standard InChI is InChI=1S/C14H15N/c1-5-6-10-14-11(2)8-7-9-12(3)15-13(14)4/h1,6-10H,2-4H3/b8-7?,9-7-,10-6-,11-8+,12-9?,14-11?,14-13-,15-12+,15-13?. The molecule has 0 amide bonds. The van der Waals surface area contributed by atoms with Gasteiger partial charge in [-0.1, -0.05) is 18.1 Å². The van der Waals surface area contributed by atoms with Crippen molar-refractivity contribution in [3.8, 4) is 12.3 Å². The predicted molar refractivity (Wildman–Crippen MR) is 66.7 cm³/mol. The third kappa shape index (κ3) is 3.11. The zero-order chi connectivity index (χ0) is 11.3. The third-order valence-corrected chi connectivity index (χ3v) is 2.19. The molecule has 1 nitrogen and oxygen atoms in total. The molecule has 1 heteroatoms. The van der Waals surface area contributed by atoms with E-state index in [1.807, 2.05) is 32.1 Å². The van der Waals surface area contributed by atoms with Gasteiger partial charge in [-0.2, -0.15) is 0 Å². The number of nitrogens with zero attached hydrogens (tertiary/aromatic N) is 1. The topological polar surface area (TPSA) is 12.4 Å². The van der Waals surface area contributed by atoms with Crippen LogP contribution in [0.4, 0.5) is 0 Å². The minimum absolute atomic E-state index is 0.997. The van der Waals surface area contributed by atoms with Crippen LogP contribution in [0.1, 0.15) is 20.8 Å². The van der Waals surface area contributed by atoms with E-state index in [1.54, 1.807) is 6.08 Å². The molecule has 1 rings (SSSR count). The number of rotatable bonds is 1. The maximum atomic E-state index is 5.21. The Labute approximate surface area is 91.6 Å². The highest BCUT2D eigenvalue weighted by Gasteiger charge is 2.02. The molecule has 0 atom stereocenters. The van der Waals surface area contributed by atoms with Crippen LogP contribution in [-0.2, 0) is 0 Å². The van der Waals surface area contributed by atoms with Gasteiger partial charge in [0, 0.05) is 11.4 Å². The Morgan fingerprint density at radius 2 is 2.07 bits per heavy atom. The van der Waals surface area contributed by atoms with Gasteiger partial charge in [0.05, 0.1) is 0 Å². The molecular formula is C14H15N. The van der Waals surface area contributed by atoms with Crippen LogP contribution in [0.25, 0.3) is 0 Å². The Balaban J connectivity index is 3.22. The van der Waals surface area contributed by atoms with E-state index in [0.29, 0.717) is 0 Å². The smallest absolute Gasteiger partial charge is 0.0450 e. The molecule has 0 radical (unpaired) electrons. The highest BCUT2D eigenvalue weighted by Crippen LogP contribution is 2.19. The predicted octanol–water partition coefficient (Wildman–Crippen LogP) is 3.43. The van der Waals surface area contributed by atoms with E-state index >= 15 is 0 Å². The van der Waals surface area contributed by atoms with Gasteiger partial charge < -0.3 is 0 Å². The molecule has 15 heavy (non-hydrogen) atoms. The van der Waals surface area contributed by atoms with Crippen molar-refractivity contribution >= 4 is 5.71 Å². The summed E-state index contributed by atoms with van der Waals surface area (Å²) >= 11 is 0. The van der Waals surface area contributed by atoms with E-state index in [0.717, 1.165) is 17.0 Å². The van der Waals surface area contributed by atoms with E-state index < -0.39 is 0 Å². The lowest BCUT2D eigenvalue weighted by molar-refractivity contribution is 1.22. The summed E-state index contributed by atoms with van der Waals surface area (Å²) in [6.45, 7) is 6.04. The first-order chi connectivity index (χ1) is 7.15. The number of hydrogen-bond acceptors (Lipinski definition) is 1. The minimum atomic E-state index is 0.997. The normalized spacial score (nSPS) is 30.8. The van der Waals surface area contributed by atoms with E-state index in [-0.39, 0.29) is 0 Å². The van der Waals surface area contributed by atoms with Gasteiger partial charge in [-0.25, -0.2) is 0 Å². The Bertz CT molecular complexity index is 434. The zero-order valence-electron chi connectivity index (χ0n) is 9.41. The molecule has 0 spiro atoms. The summed E-state index contributed by atoms with van der Waals surface area (Å²) < 4.78 is 0. The zero-order valence-corrected chi connectivity index (χ0v) is 9.41. The van der Waals surface area contributed by atoms with Gasteiger partial charge in [0.1, 0.15) is 0 Å². The summed E-state index contributed by atoms with van der Waals surface area (Å²) in [4.78, 5) is 4.47. The van der Waals surface area contributed by atoms with E-state index in [1.165, 1.54) is 5.57 Å². The second-order valence-corrected chi connectivity index (χ2v) is 3.46. The van der Waals surface area contributed by atoms with Gasteiger partial charge in [-0.3, -0.25) is 4.99 Å². The van der Waals surface area contributed by atoms with Crippen molar-refractivity contribution in [2.24, 2.45) is 4.99 Å². The Hall–Kier alpha value is -1.81. The van der Waals surface area contributed by atoms with Gasteiger partial charge in [-0.05, 0) is 50.1 Å². The van der Waals surface area contributed by atoms with Gasteiger partial charge in [0.25, 0.3) is 0 Å². The van der Waals surface area contributed by atoms with Crippen LogP contribution in [0.5, 0.6) is 0 Å². The third-order valence-electron chi connectivity index (χ3n) is 2.19. The first kappa shape index (κ1) is 11.3. The molecule has 0 unspecified atom stereocenters. The van der Waals surface area contributed by atoms with Crippen LogP contribution in [0.15, 0.2) is 52.2 Å². The van der Waals surface area contributed by atoms with Crippen molar-refractivity contribution in [3.05, 3.63) is 47.2 Å². The molecule has 0 aliphatic carbocycles. The average Bonchev–Trinajstić information content (AvgIpc) is 2.16. The molecule has 0 saturated heterocycles. The summed E-state index contributed by atoms with van der Waals surface area (Å²) in [7, 11) is 0. The van der Waals surface area contributed by atoms with Crippen molar-refractivity contribution in [2.75, 3.05) is 0 Å². The molecule has 0 aromatic carbocycles. The fraction of sp³-hybridized carbons (Fsp3) is 0.214. The van der Waals surface area contributed by atoms with Crippen LogP contribution in [0, 0.1) is 12.3 Å². The van der Waals surface area contributed by atoms with Crippen LogP contribution in [-0.4, -0.2) is 5.71 Å². The molecular weight excluding hydrogens is 182 g/mol. The van der Waals surface area contributed by atoms with E-state index in [2.05, 4.69) is 23.9 Å². The fourth-order valence-corrected chi connectivity index (χ4v) is 1.45. The lowest BCUT2D eigenvalue weighted by atomic mass is 10.0. The molecule has 1 aliphatic rings. The van der Waals surface area contributed by atoms with Crippen molar-refractivity contribution < 1.29 is 0 Å². The maximum Gasteiger partial charge on any atom is 0.0450 e. The summed E-state index contributed by atoms with van der Waals surface area (Å²) in [5.74, 6) is 2.49.